The molecule has 1 unspecified atom stereocenters. The second kappa shape index (κ2) is 6.30. The van der Waals surface area contributed by atoms with Crippen LogP contribution in [0.5, 0.6) is 0 Å². The van der Waals surface area contributed by atoms with Crippen molar-refractivity contribution in [1.29, 1.82) is 0 Å². The molecule has 0 saturated carbocycles. The van der Waals surface area contributed by atoms with Gasteiger partial charge in [-0.1, -0.05) is 45.0 Å². The van der Waals surface area contributed by atoms with Gasteiger partial charge < -0.3 is 9.84 Å². The molecule has 0 saturated heterocycles. The SMILES string of the molecule is CC(CC(=O)Nc1cc(C(C)(C)C)on1)c1ccc(F)cc1. The molecule has 0 fully saturated rings. The number of carbonyl (C=O) groups is 1. The maximum absolute atomic E-state index is 12.9. The molecule has 1 amide bonds. The summed E-state index contributed by atoms with van der Waals surface area (Å²) in [5.74, 6) is 0.702. The number of anilines is 1. The van der Waals surface area contributed by atoms with Crippen molar-refractivity contribution in [2.75, 3.05) is 5.32 Å². The normalized spacial score (nSPS) is 13.0. The fourth-order valence-electron chi connectivity index (χ4n) is 2.07. The molecule has 5 heteroatoms. The number of benzene rings is 1. The van der Waals surface area contributed by atoms with E-state index in [2.05, 4.69) is 10.5 Å². The summed E-state index contributed by atoms with van der Waals surface area (Å²) in [6.45, 7) is 7.96. The number of nitrogens with one attached hydrogen (secondary N) is 1. The number of hydrogen-bond donors (Lipinski definition) is 1. The number of nitrogens with zero attached hydrogens (tertiary/aromatic N) is 1. The van der Waals surface area contributed by atoms with Crippen molar-refractivity contribution >= 4 is 11.7 Å². The monoisotopic (exact) mass is 304 g/mol. The van der Waals surface area contributed by atoms with Crippen LogP contribution in [0.25, 0.3) is 0 Å². The minimum atomic E-state index is -0.280. The number of hydrogen-bond acceptors (Lipinski definition) is 3. The van der Waals surface area contributed by atoms with Gasteiger partial charge in [0.15, 0.2) is 5.82 Å². The Morgan fingerprint density at radius 3 is 2.50 bits per heavy atom. The van der Waals surface area contributed by atoms with Gasteiger partial charge in [-0.15, -0.1) is 0 Å². The maximum Gasteiger partial charge on any atom is 0.226 e. The molecule has 1 heterocycles. The van der Waals surface area contributed by atoms with Gasteiger partial charge >= 0.3 is 0 Å². The van der Waals surface area contributed by atoms with Crippen molar-refractivity contribution in [2.24, 2.45) is 0 Å². The first kappa shape index (κ1) is 16.2. The molecule has 1 aromatic carbocycles. The van der Waals surface area contributed by atoms with E-state index in [-0.39, 0.29) is 23.1 Å². The first-order valence-electron chi connectivity index (χ1n) is 7.28. The van der Waals surface area contributed by atoms with Crippen molar-refractivity contribution in [3.63, 3.8) is 0 Å². The number of halogens is 1. The Morgan fingerprint density at radius 1 is 1.32 bits per heavy atom. The van der Waals surface area contributed by atoms with Crippen LogP contribution < -0.4 is 5.32 Å². The molecule has 0 aliphatic heterocycles. The highest BCUT2D eigenvalue weighted by atomic mass is 19.1. The summed E-state index contributed by atoms with van der Waals surface area (Å²) in [4.78, 5) is 12.1. The number of amides is 1. The quantitative estimate of drug-likeness (QED) is 0.919. The lowest BCUT2D eigenvalue weighted by Gasteiger charge is -2.12. The van der Waals surface area contributed by atoms with E-state index in [0.29, 0.717) is 12.2 Å². The summed E-state index contributed by atoms with van der Waals surface area (Å²) in [5, 5.41) is 6.59. The van der Waals surface area contributed by atoms with Crippen LogP contribution in [0.4, 0.5) is 10.2 Å². The van der Waals surface area contributed by atoms with Crippen LogP contribution in [0.15, 0.2) is 34.9 Å². The Balaban J connectivity index is 1.95. The predicted octanol–water partition coefficient (Wildman–Crippen LogP) is 4.24. The molecule has 2 aromatic rings. The Labute approximate surface area is 129 Å². The summed E-state index contributed by atoms with van der Waals surface area (Å²) in [6.07, 6.45) is 0.295. The largest absolute Gasteiger partial charge is 0.359 e. The molecule has 1 N–H and O–H groups in total. The van der Waals surface area contributed by atoms with Crippen LogP contribution in [0.3, 0.4) is 0 Å². The minimum Gasteiger partial charge on any atom is -0.359 e. The molecule has 118 valence electrons. The van der Waals surface area contributed by atoms with E-state index in [1.165, 1.54) is 12.1 Å². The van der Waals surface area contributed by atoms with Crippen molar-refractivity contribution in [3.8, 4) is 0 Å². The third kappa shape index (κ3) is 4.16. The van der Waals surface area contributed by atoms with Crippen molar-refractivity contribution < 1.29 is 13.7 Å². The van der Waals surface area contributed by atoms with E-state index < -0.39 is 0 Å². The van der Waals surface area contributed by atoms with Crippen molar-refractivity contribution in [1.82, 2.24) is 5.16 Å². The van der Waals surface area contributed by atoms with Crippen LogP contribution in [-0.2, 0) is 10.2 Å². The third-order valence-corrected chi connectivity index (χ3v) is 3.45. The molecule has 0 bridgehead atoms. The first-order chi connectivity index (χ1) is 10.3. The molecule has 0 aliphatic carbocycles. The third-order valence-electron chi connectivity index (χ3n) is 3.45. The fraction of sp³-hybridized carbons (Fsp3) is 0.412. The summed E-state index contributed by atoms with van der Waals surface area (Å²) in [6, 6.07) is 7.93. The fourth-order valence-corrected chi connectivity index (χ4v) is 2.07. The van der Waals surface area contributed by atoms with Crippen LogP contribution in [0, 0.1) is 5.82 Å². The Kier molecular flexibility index (Phi) is 4.64. The highest BCUT2D eigenvalue weighted by Crippen LogP contribution is 2.25. The zero-order chi connectivity index (χ0) is 16.3. The number of rotatable bonds is 4. The lowest BCUT2D eigenvalue weighted by Crippen LogP contribution is -2.14. The average molecular weight is 304 g/mol. The van der Waals surface area contributed by atoms with E-state index in [4.69, 9.17) is 4.52 Å². The molecule has 1 atom stereocenters. The topological polar surface area (TPSA) is 55.1 Å². The van der Waals surface area contributed by atoms with Gasteiger partial charge in [-0.25, -0.2) is 4.39 Å². The first-order valence-corrected chi connectivity index (χ1v) is 7.28. The second-order valence-electron chi connectivity index (χ2n) is 6.53. The number of aromatic nitrogens is 1. The van der Waals surface area contributed by atoms with E-state index in [9.17, 15) is 9.18 Å². The molecule has 0 spiro atoms. The second-order valence-corrected chi connectivity index (χ2v) is 6.53. The van der Waals surface area contributed by atoms with Gasteiger partial charge in [-0.05, 0) is 23.6 Å². The zero-order valence-corrected chi connectivity index (χ0v) is 13.3. The maximum atomic E-state index is 12.9. The molecular weight excluding hydrogens is 283 g/mol. The van der Waals surface area contributed by atoms with Gasteiger partial charge in [-0.3, -0.25) is 4.79 Å². The Hall–Kier alpha value is -2.17. The summed E-state index contributed by atoms with van der Waals surface area (Å²) < 4.78 is 18.1. The van der Waals surface area contributed by atoms with Gasteiger partial charge in [0.1, 0.15) is 11.6 Å². The van der Waals surface area contributed by atoms with Gasteiger partial charge in [0.05, 0.1) is 0 Å². The Morgan fingerprint density at radius 2 is 1.95 bits per heavy atom. The molecule has 1 aromatic heterocycles. The van der Waals surface area contributed by atoms with Gasteiger partial charge in [-0.2, -0.15) is 0 Å². The summed E-state index contributed by atoms with van der Waals surface area (Å²) >= 11 is 0. The molecule has 0 radical (unpaired) electrons. The standard InChI is InChI=1S/C17H21FN2O2/c1-11(12-5-7-13(18)8-6-12)9-16(21)19-15-10-14(22-20-15)17(2,3)4/h5-8,10-11H,9H2,1-4H3,(H,19,20,21). The molecule has 22 heavy (non-hydrogen) atoms. The zero-order valence-electron chi connectivity index (χ0n) is 13.3. The molecule has 4 nitrogen and oxygen atoms in total. The van der Waals surface area contributed by atoms with Gasteiger partial charge in [0.2, 0.25) is 5.91 Å². The predicted molar refractivity (Wildman–Crippen MR) is 83.3 cm³/mol. The lowest BCUT2D eigenvalue weighted by atomic mass is 9.93. The molecule has 0 aliphatic rings. The van der Waals surface area contributed by atoms with E-state index in [1.807, 2.05) is 27.7 Å². The van der Waals surface area contributed by atoms with Crippen molar-refractivity contribution in [2.45, 2.75) is 45.4 Å². The summed E-state index contributed by atoms with van der Waals surface area (Å²) in [5.41, 5.74) is 0.768. The van der Waals surface area contributed by atoms with E-state index in [0.717, 1.165) is 11.3 Å². The average Bonchev–Trinajstić information content (AvgIpc) is 2.87. The highest BCUT2D eigenvalue weighted by molar-refractivity contribution is 5.90. The van der Waals surface area contributed by atoms with Crippen LogP contribution >= 0.6 is 0 Å². The highest BCUT2D eigenvalue weighted by Gasteiger charge is 2.20. The van der Waals surface area contributed by atoms with E-state index in [1.54, 1.807) is 18.2 Å². The minimum absolute atomic E-state index is 0.00501. The smallest absolute Gasteiger partial charge is 0.226 e. The number of carbonyl (C=O) groups excluding carboxylic acids is 1. The Bertz CT molecular complexity index is 641. The van der Waals surface area contributed by atoms with E-state index >= 15 is 0 Å². The van der Waals surface area contributed by atoms with Crippen LogP contribution in [0.1, 0.15) is 51.4 Å². The van der Waals surface area contributed by atoms with Crippen molar-refractivity contribution in [3.05, 3.63) is 47.5 Å². The summed E-state index contributed by atoms with van der Waals surface area (Å²) in [7, 11) is 0. The van der Waals surface area contributed by atoms with Gasteiger partial charge in [0.25, 0.3) is 0 Å². The molecule has 2 rings (SSSR count). The van der Waals surface area contributed by atoms with Crippen LogP contribution in [0.2, 0.25) is 0 Å². The lowest BCUT2D eigenvalue weighted by molar-refractivity contribution is -0.116. The van der Waals surface area contributed by atoms with Gasteiger partial charge in [0, 0.05) is 17.9 Å². The molecular formula is C17H21FN2O2. The van der Waals surface area contributed by atoms with Crippen LogP contribution in [-0.4, -0.2) is 11.1 Å².